The molecule has 27 heavy (non-hydrogen) atoms. The lowest BCUT2D eigenvalue weighted by atomic mass is 9.45. The largest absolute Gasteiger partial charge is 0.473 e. The first-order valence-corrected chi connectivity index (χ1v) is 11.9. The van der Waals surface area contributed by atoms with E-state index in [4.69, 9.17) is 4.74 Å². The molecule has 8 rings (SSSR count). The quantitative estimate of drug-likeness (QED) is 0.476. The van der Waals surface area contributed by atoms with Crippen LogP contribution in [0.1, 0.15) is 90.9 Å². The summed E-state index contributed by atoms with van der Waals surface area (Å²) in [5.74, 6) is 3.96. The highest BCUT2D eigenvalue weighted by Gasteiger charge is 2.55. The van der Waals surface area contributed by atoms with Crippen LogP contribution in [0.5, 0.6) is 0 Å². The van der Waals surface area contributed by atoms with E-state index < -0.39 is 0 Å². The fourth-order valence-electron chi connectivity index (χ4n) is 10.4. The van der Waals surface area contributed by atoms with Crippen molar-refractivity contribution in [3.8, 4) is 0 Å². The number of hydrogen-bond acceptors (Lipinski definition) is 1. The molecule has 0 aromatic carbocycles. The van der Waals surface area contributed by atoms with E-state index in [1.165, 1.54) is 77.0 Å². The van der Waals surface area contributed by atoms with E-state index in [1.807, 2.05) is 0 Å². The molecule has 4 atom stereocenters. The molecule has 8 saturated carbocycles. The van der Waals surface area contributed by atoms with Crippen molar-refractivity contribution in [2.24, 2.45) is 45.3 Å². The van der Waals surface area contributed by atoms with E-state index in [9.17, 15) is 0 Å². The summed E-state index contributed by atoms with van der Waals surface area (Å²) in [6.07, 6.45) is 26.6. The summed E-state index contributed by atoms with van der Waals surface area (Å²) < 4.78 is 6.02. The van der Waals surface area contributed by atoms with Gasteiger partial charge in [-0.05, 0) is 135 Å². The van der Waals surface area contributed by atoms with Gasteiger partial charge in [-0.3, -0.25) is 0 Å². The summed E-state index contributed by atoms with van der Waals surface area (Å²) in [5, 5.41) is 0. The molecule has 0 N–H and O–H groups in total. The molecule has 8 aliphatic carbocycles. The Morgan fingerprint density at radius 1 is 0.593 bits per heavy atom. The summed E-state index contributed by atoms with van der Waals surface area (Å²) >= 11 is 0. The minimum absolute atomic E-state index is 0.459. The second kappa shape index (κ2) is 5.45. The van der Waals surface area contributed by atoms with Gasteiger partial charge in [0.15, 0.2) is 0 Å². The summed E-state index contributed by atoms with van der Waals surface area (Å²) in [6, 6.07) is 0. The maximum absolute atomic E-state index is 6.02. The van der Waals surface area contributed by atoms with Crippen molar-refractivity contribution in [2.45, 2.75) is 90.9 Å². The van der Waals surface area contributed by atoms with Crippen LogP contribution in [0.25, 0.3) is 0 Å². The van der Waals surface area contributed by atoms with Crippen molar-refractivity contribution in [3.05, 3.63) is 24.7 Å². The minimum Gasteiger partial charge on any atom is -0.473 e. The average molecular weight is 367 g/mol. The molecule has 0 aromatic heterocycles. The van der Waals surface area contributed by atoms with Crippen molar-refractivity contribution in [1.82, 2.24) is 0 Å². The topological polar surface area (TPSA) is 9.23 Å². The van der Waals surface area contributed by atoms with Gasteiger partial charge < -0.3 is 4.74 Å². The fraction of sp³-hybridized carbons (Fsp3) is 0.846. The lowest BCUT2D eigenvalue weighted by Crippen LogP contribution is -2.50. The van der Waals surface area contributed by atoms with E-state index in [2.05, 4.69) is 38.5 Å². The molecule has 8 fully saturated rings. The molecule has 0 amide bonds. The maximum Gasteiger partial charge on any atom is 0.0866 e. The Balaban J connectivity index is 1.13. The molecule has 1 heteroatoms. The average Bonchev–Trinajstić information content (AvgIpc) is 2.49. The number of ether oxygens (including phenoxy) is 1. The summed E-state index contributed by atoms with van der Waals surface area (Å²) in [6.45, 7) is 5.11. The summed E-state index contributed by atoms with van der Waals surface area (Å²) in [4.78, 5) is 0. The monoisotopic (exact) mass is 366 g/mol. The van der Waals surface area contributed by atoms with Crippen LogP contribution in [0.15, 0.2) is 24.7 Å². The Labute approximate surface area is 166 Å². The van der Waals surface area contributed by atoms with Gasteiger partial charge in [0.05, 0.1) is 12.5 Å². The smallest absolute Gasteiger partial charge is 0.0866 e. The minimum atomic E-state index is 0.459. The van der Waals surface area contributed by atoms with Crippen molar-refractivity contribution in [3.63, 3.8) is 0 Å². The predicted octanol–water partition coefficient (Wildman–Crippen LogP) is 7.24. The van der Waals surface area contributed by atoms with Gasteiger partial charge in [0.25, 0.3) is 0 Å². The van der Waals surface area contributed by atoms with Crippen LogP contribution in [0.3, 0.4) is 0 Å². The first-order chi connectivity index (χ1) is 12.8. The third kappa shape index (κ3) is 2.85. The molecule has 148 valence electrons. The van der Waals surface area contributed by atoms with Crippen LogP contribution in [-0.2, 0) is 4.74 Å². The number of allylic oxidation sites excluding steroid dienone is 2. The lowest BCUT2D eigenvalue weighted by molar-refractivity contribution is -0.0787. The Morgan fingerprint density at radius 3 is 1.30 bits per heavy atom. The number of rotatable bonds is 4. The summed E-state index contributed by atoms with van der Waals surface area (Å²) in [7, 11) is 0. The van der Waals surface area contributed by atoms with Crippen molar-refractivity contribution in [2.75, 3.05) is 0 Å². The van der Waals surface area contributed by atoms with E-state index in [0.29, 0.717) is 21.7 Å². The van der Waals surface area contributed by atoms with Gasteiger partial charge in [-0.25, -0.2) is 0 Å². The van der Waals surface area contributed by atoms with Crippen LogP contribution in [-0.4, -0.2) is 0 Å². The van der Waals surface area contributed by atoms with Gasteiger partial charge in [-0.1, -0.05) is 13.8 Å². The van der Waals surface area contributed by atoms with Gasteiger partial charge in [0, 0.05) is 0 Å². The van der Waals surface area contributed by atoms with Crippen LogP contribution >= 0.6 is 0 Å². The Kier molecular flexibility index (Phi) is 3.47. The molecule has 8 aliphatic rings. The van der Waals surface area contributed by atoms with Gasteiger partial charge >= 0.3 is 0 Å². The second-order valence-electron chi connectivity index (χ2n) is 13.0. The van der Waals surface area contributed by atoms with Gasteiger partial charge in [-0.2, -0.15) is 0 Å². The molecule has 1 nitrogen and oxygen atoms in total. The number of hydrogen-bond donors (Lipinski definition) is 0. The lowest BCUT2D eigenvalue weighted by Gasteiger charge is -2.60. The Morgan fingerprint density at radius 2 is 0.963 bits per heavy atom. The van der Waals surface area contributed by atoms with Crippen molar-refractivity contribution >= 4 is 0 Å². The van der Waals surface area contributed by atoms with E-state index >= 15 is 0 Å². The molecule has 4 unspecified atom stereocenters. The third-order valence-corrected chi connectivity index (χ3v) is 9.80. The molecule has 0 saturated heterocycles. The highest BCUT2D eigenvalue weighted by molar-refractivity contribution is 5.14. The van der Waals surface area contributed by atoms with E-state index in [0.717, 1.165) is 23.7 Å². The zero-order chi connectivity index (χ0) is 18.3. The zero-order valence-corrected chi connectivity index (χ0v) is 17.5. The van der Waals surface area contributed by atoms with Gasteiger partial charge in [0.1, 0.15) is 0 Å². The van der Waals surface area contributed by atoms with Crippen LogP contribution in [0, 0.1) is 45.3 Å². The van der Waals surface area contributed by atoms with E-state index in [-0.39, 0.29) is 0 Å². The van der Waals surface area contributed by atoms with Crippen LogP contribution < -0.4 is 0 Å². The van der Waals surface area contributed by atoms with Crippen molar-refractivity contribution < 1.29 is 4.74 Å². The normalized spacial score (nSPS) is 58.0. The second-order valence-corrected chi connectivity index (χ2v) is 13.0. The highest BCUT2D eigenvalue weighted by Crippen LogP contribution is 2.66. The molecule has 8 bridgehead atoms. The van der Waals surface area contributed by atoms with Crippen LogP contribution in [0.4, 0.5) is 0 Å². The van der Waals surface area contributed by atoms with Crippen LogP contribution in [0.2, 0.25) is 0 Å². The van der Waals surface area contributed by atoms with Gasteiger partial charge in [0.2, 0.25) is 0 Å². The molecule has 0 spiro atoms. The maximum atomic E-state index is 6.02. The molecule has 0 aliphatic heterocycles. The first-order valence-electron chi connectivity index (χ1n) is 11.9. The molecular formula is C26H38O. The Bertz CT molecular complexity index is 598. The third-order valence-electron chi connectivity index (χ3n) is 9.80. The first kappa shape index (κ1) is 17.2. The molecule has 0 heterocycles. The standard InChI is InChI=1S/C26H38O/c1-23-9-19-7-20(10-23)14-25(13-19,17-23)3-5-27-6-4-26-15-21-8-22(16-26)12-24(2,11-21)18-26/h3-6,19-22H,7-18H2,1-2H3. The zero-order valence-electron chi connectivity index (χ0n) is 17.5. The van der Waals surface area contributed by atoms with Crippen molar-refractivity contribution in [1.29, 1.82) is 0 Å². The Hall–Kier alpha value is -0.720. The summed E-state index contributed by atoms with van der Waals surface area (Å²) in [5.41, 5.74) is 2.17. The molecule has 0 aromatic rings. The molecular weight excluding hydrogens is 328 g/mol. The van der Waals surface area contributed by atoms with E-state index in [1.54, 1.807) is 0 Å². The predicted molar refractivity (Wildman–Crippen MR) is 110 cm³/mol. The SMILES string of the molecule is CC12CC3CC(C1)CC(C=COC=CC14CC5CC(CC(C)(C5)C1)C4)(C3)C2. The molecule has 0 radical (unpaired) electrons. The highest BCUT2D eigenvalue weighted by atomic mass is 16.5. The van der Waals surface area contributed by atoms with Gasteiger partial charge in [-0.15, -0.1) is 0 Å². The fourth-order valence-corrected chi connectivity index (χ4v) is 10.4.